The standard InChI is InChI=1S/C4H4/c1-3-4-2/h1-4H. The van der Waals surface area contributed by atoms with E-state index in [0.717, 1.165) is 0 Å². The zero-order valence-corrected chi connectivity index (χ0v) is 2.31. The highest BCUT2D eigenvalue weighted by Gasteiger charge is 1.30. The zero-order chi connectivity index (χ0) is 3.41. The molecular weight excluding hydrogens is 48.0 g/mol. The van der Waals surface area contributed by atoms with Gasteiger partial charge in [0.25, 0.3) is 0 Å². The van der Waals surface area contributed by atoms with Gasteiger partial charge in [-0.1, -0.05) is 25.3 Å². The van der Waals surface area contributed by atoms with Crippen LogP contribution in [0.3, 0.4) is 0 Å². The summed E-state index contributed by atoms with van der Waals surface area (Å²) in [5, 5.41) is 0. The highest BCUT2D eigenvalue weighted by molar-refractivity contribution is 4.83. The Kier molecular flexibility index (Phi) is 2.16. The first-order valence-electron chi connectivity index (χ1n) is 1.00. The van der Waals surface area contributed by atoms with Gasteiger partial charge in [-0.2, -0.15) is 0 Å². The molecule has 0 aromatic heterocycles. The van der Waals surface area contributed by atoms with Crippen LogP contribution in [0.15, 0.2) is 12.2 Å². The molecule has 0 amide bonds. The minimum absolute atomic E-state index is 1.28. The van der Waals surface area contributed by atoms with Crippen LogP contribution < -0.4 is 0 Å². The van der Waals surface area contributed by atoms with Crippen molar-refractivity contribution in [2.24, 2.45) is 0 Å². The number of hydrogen-bond acceptors (Lipinski definition) is 0. The third kappa shape index (κ3) is 1.48. The predicted molar refractivity (Wildman–Crippen MR) is 17.7 cm³/mol. The molecule has 0 bridgehead atoms. The summed E-state index contributed by atoms with van der Waals surface area (Å²) in [5.41, 5.74) is 0. The van der Waals surface area contributed by atoms with Gasteiger partial charge in [0.15, 0.2) is 0 Å². The lowest BCUT2D eigenvalue weighted by Crippen LogP contribution is -1.23. The quantitative estimate of drug-likeness (QED) is 0.390. The van der Waals surface area contributed by atoms with Gasteiger partial charge in [0.1, 0.15) is 0 Å². The van der Waals surface area contributed by atoms with Crippen molar-refractivity contribution in [3.05, 3.63) is 25.3 Å². The van der Waals surface area contributed by atoms with E-state index in [9.17, 15) is 0 Å². The Hall–Kier alpha value is -0.520. The van der Waals surface area contributed by atoms with E-state index in [4.69, 9.17) is 13.2 Å². The van der Waals surface area contributed by atoms with E-state index in [0.29, 0.717) is 0 Å². The summed E-state index contributed by atoms with van der Waals surface area (Å²) < 4.78 is 0. The fourth-order valence-corrected chi connectivity index (χ4v) is 0. The first kappa shape index (κ1) is 3.48. The SMILES string of the molecule is [CH]=CC=[CH]. The summed E-state index contributed by atoms with van der Waals surface area (Å²) in [4.78, 5) is 0. The molecule has 0 rings (SSSR count). The second kappa shape index (κ2) is 2.48. The first-order valence-corrected chi connectivity index (χ1v) is 1.00. The van der Waals surface area contributed by atoms with Gasteiger partial charge in [0.2, 0.25) is 0 Å². The second-order valence-electron chi connectivity index (χ2n) is 0.385. The van der Waals surface area contributed by atoms with Crippen molar-refractivity contribution in [1.82, 2.24) is 0 Å². The molecule has 4 heavy (non-hydrogen) atoms. The summed E-state index contributed by atoms with van der Waals surface area (Å²) >= 11 is 0. The van der Waals surface area contributed by atoms with E-state index in [1.807, 2.05) is 0 Å². The van der Waals surface area contributed by atoms with Crippen LogP contribution in [0.2, 0.25) is 0 Å². The van der Waals surface area contributed by atoms with Gasteiger partial charge in [0.05, 0.1) is 0 Å². The summed E-state index contributed by atoms with van der Waals surface area (Å²) in [6.07, 6.45) is 2.56. The molecule has 0 heterocycles. The first-order chi connectivity index (χ1) is 1.91. The lowest BCUT2D eigenvalue weighted by atomic mass is 10.6. The Labute approximate surface area is 26.5 Å². The Morgan fingerprint density at radius 3 is 1.25 bits per heavy atom. The molecule has 0 heteroatoms. The zero-order valence-electron chi connectivity index (χ0n) is 2.31. The molecular formula is C4H4. The van der Waals surface area contributed by atoms with E-state index >= 15 is 0 Å². The second-order valence-corrected chi connectivity index (χ2v) is 0.385. The molecule has 0 nitrogen and oxygen atoms in total. The maximum Gasteiger partial charge on any atom is -0.0623 e. The van der Waals surface area contributed by atoms with E-state index in [1.54, 1.807) is 0 Å². The predicted octanol–water partition coefficient (Wildman–Crippen LogP) is 0.965. The van der Waals surface area contributed by atoms with E-state index < -0.39 is 0 Å². The molecule has 0 fully saturated rings. The van der Waals surface area contributed by atoms with Gasteiger partial charge < -0.3 is 0 Å². The molecule has 0 spiro atoms. The minimum atomic E-state index is 1.28. The summed E-state index contributed by atoms with van der Waals surface area (Å²) in [6, 6.07) is 0. The van der Waals surface area contributed by atoms with E-state index in [-0.39, 0.29) is 0 Å². The molecule has 0 atom stereocenters. The van der Waals surface area contributed by atoms with Crippen molar-refractivity contribution < 1.29 is 0 Å². The van der Waals surface area contributed by atoms with Crippen LogP contribution in [-0.2, 0) is 0 Å². The number of allylic oxidation sites excluding steroid dienone is 2. The molecule has 0 aliphatic carbocycles. The summed E-state index contributed by atoms with van der Waals surface area (Å²) in [7, 11) is 0. The van der Waals surface area contributed by atoms with Crippen molar-refractivity contribution >= 4 is 0 Å². The molecule has 0 N–H and O–H groups in total. The third-order valence-corrected chi connectivity index (χ3v) is 0.111. The monoisotopic (exact) mass is 52.0 g/mol. The van der Waals surface area contributed by atoms with E-state index in [1.165, 1.54) is 12.2 Å². The third-order valence-electron chi connectivity index (χ3n) is 0.111. The average Bonchev–Trinajstić information content (AvgIpc) is 1.37. The van der Waals surface area contributed by atoms with Crippen LogP contribution in [0.1, 0.15) is 0 Å². The average molecular weight is 52.1 g/mol. The number of rotatable bonds is 1. The van der Waals surface area contributed by atoms with Gasteiger partial charge in [-0.05, 0) is 0 Å². The van der Waals surface area contributed by atoms with Gasteiger partial charge in [-0.25, -0.2) is 0 Å². The maximum atomic E-state index is 4.72. The van der Waals surface area contributed by atoms with Crippen molar-refractivity contribution in [2.45, 2.75) is 0 Å². The van der Waals surface area contributed by atoms with Crippen molar-refractivity contribution in [1.29, 1.82) is 0 Å². The van der Waals surface area contributed by atoms with Crippen LogP contribution in [0.25, 0.3) is 0 Å². The molecule has 0 saturated heterocycles. The smallest absolute Gasteiger partial charge is 0.0623 e. The lowest BCUT2D eigenvalue weighted by Gasteiger charge is -1.43. The highest BCUT2D eigenvalue weighted by Crippen LogP contribution is 1.51. The molecule has 0 aliphatic rings. The largest absolute Gasteiger partial charge is 0.0623 e. The van der Waals surface area contributed by atoms with Gasteiger partial charge in [0, 0.05) is 0 Å². The van der Waals surface area contributed by atoms with Crippen molar-refractivity contribution in [3.8, 4) is 0 Å². The normalized spacial score (nSPS) is 5.00. The fraction of sp³-hybridized carbons (Fsp3) is 0. The molecule has 0 unspecified atom stereocenters. The van der Waals surface area contributed by atoms with Crippen LogP contribution in [0.5, 0.6) is 0 Å². The van der Waals surface area contributed by atoms with Crippen molar-refractivity contribution in [3.63, 3.8) is 0 Å². The van der Waals surface area contributed by atoms with Crippen molar-refractivity contribution in [2.75, 3.05) is 0 Å². The van der Waals surface area contributed by atoms with Crippen LogP contribution >= 0.6 is 0 Å². The van der Waals surface area contributed by atoms with Gasteiger partial charge >= 0.3 is 0 Å². The summed E-state index contributed by atoms with van der Waals surface area (Å²) in [6.45, 7) is 9.44. The van der Waals surface area contributed by atoms with E-state index in [2.05, 4.69) is 0 Å². The maximum absolute atomic E-state index is 4.72. The Morgan fingerprint density at radius 2 is 1.25 bits per heavy atom. The topological polar surface area (TPSA) is 0 Å². The lowest BCUT2D eigenvalue weighted by molar-refractivity contribution is 2.08. The Bertz CT molecular complexity index is 21.0. The molecule has 20 valence electrons. The number of hydrogen-bond donors (Lipinski definition) is 0. The van der Waals surface area contributed by atoms with Crippen LogP contribution in [0.4, 0.5) is 0 Å². The van der Waals surface area contributed by atoms with Gasteiger partial charge in [-0.15, -0.1) is 0 Å². The Morgan fingerprint density at radius 1 is 1.00 bits per heavy atom. The molecule has 0 saturated carbocycles. The van der Waals surface area contributed by atoms with Gasteiger partial charge in [-0.3, -0.25) is 0 Å². The molecule has 2 radical (unpaired) electrons. The fourth-order valence-electron chi connectivity index (χ4n) is 0. The highest BCUT2D eigenvalue weighted by atomic mass is 13.4. The molecule has 0 aliphatic heterocycles. The minimum Gasteiger partial charge on any atom is -0.0623 e. The van der Waals surface area contributed by atoms with Crippen LogP contribution in [0, 0.1) is 13.2 Å². The molecule has 0 aromatic carbocycles. The summed E-state index contributed by atoms with van der Waals surface area (Å²) in [5.74, 6) is 0. The Balaban J connectivity index is 2.73. The molecule has 0 aromatic rings. The van der Waals surface area contributed by atoms with Crippen LogP contribution in [-0.4, -0.2) is 0 Å².